The lowest BCUT2D eigenvalue weighted by molar-refractivity contribution is 0.406. The van der Waals surface area contributed by atoms with Gasteiger partial charge < -0.3 is 4.74 Å². The highest BCUT2D eigenvalue weighted by molar-refractivity contribution is 9.09. The van der Waals surface area contributed by atoms with E-state index in [1.165, 1.54) is 5.56 Å². The van der Waals surface area contributed by atoms with Crippen molar-refractivity contribution in [3.8, 4) is 5.75 Å². The fourth-order valence-electron chi connectivity index (χ4n) is 2.38. The molecule has 0 aliphatic heterocycles. The van der Waals surface area contributed by atoms with Crippen molar-refractivity contribution in [2.75, 3.05) is 12.4 Å². The van der Waals surface area contributed by atoms with E-state index in [0.717, 1.165) is 29.5 Å². The molecule has 0 saturated carbocycles. The molecule has 0 fully saturated rings. The Hall–Kier alpha value is -0.700. The molecule has 0 bridgehead atoms. The van der Waals surface area contributed by atoms with E-state index in [-0.39, 0.29) is 0 Å². The van der Waals surface area contributed by atoms with Crippen LogP contribution in [0.1, 0.15) is 11.1 Å². The molecule has 0 amide bonds. The zero-order valence-electron chi connectivity index (χ0n) is 11.8. The van der Waals surface area contributed by atoms with Crippen LogP contribution < -0.4 is 4.74 Å². The summed E-state index contributed by atoms with van der Waals surface area (Å²) >= 11 is 16.0. The monoisotopic (exact) mass is 386 g/mol. The molecule has 1 unspecified atom stereocenters. The zero-order valence-corrected chi connectivity index (χ0v) is 14.9. The Balaban J connectivity index is 2.15. The number of alkyl halides is 1. The third-order valence-electron chi connectivity index (χ3n) is 3.46. The summed E-state index contributed by atoms with van der Waals surface area (Å²) in [6.45, 7) is 0. The van der Waals surface area contributed by atoms with Crippen molar-refractivity contribution in [3.63, 3.8) is 0 Å². The number of hydrogen-bond acceptors (Lipinski definition) is 1. The van der Waals surface area contributed by atoms with Crippen molar-refractivity contribution < 1.29 is 4.74 Å². The number of para-hydroxylation sites is 1. The molecule has 2 aromatic carbocycles. The molecule has 2 aromatic rings. The molecule has 21 heavy (non-hydrogen) atoms. The van der Waals surface area contributed by atoms with Gasteiger partial charge in [-0.2, -0.15) is 0 Å². The maximum absolute atomic E-state index is 6.28. The third-order valence-corrected chi connectivity index (χ3v) is 5.23. The van der Waals surface area contributed by atoms with E-state index < -0.39 is 0 Å². The van der Waals surface area contributed by atoms with E-state index in [1.54, 1.807) is 7.11 Å². The van der Waals surface area contributed by atoms with Crippen LogP contribution >= 0.6 is 39.1 Å². The summed E-state index contributed by atoms with van der Waals surface area (Å²) in [5, 5.41) is 2.17. The number of benzene rings is 2. The molecule has 0 saturated heterocycles. The van der Waals surface area contributed by atoms with Gasteiger partial charge >= 0.3 is 0 Å². The second-order valence-corrected chi connectivity index (χ2v) is 6.39. The molecule has 0 aromatic heterocycles. The molecule has 0 aliphatic rings. The normalized spacial score (nSPS) is 12.2. The second kappa shape index (κ2) is 8.07. The average molecular weight is 388 g/mol. The quantitative estimate of drug-likeness (QED) is 0.569. The first-order chi connectivity index (χ1) is 10.2. The minimum Gasteiger partial charge on any atom is -0.496 e. The highest BCUT2D eigenvalue weighted by Crippen LogP contribution is 2.30. The van der Waals surface area contributed by atoms with Crippen LogP contribution in [-0.2, 0) is 12.8 Å². The van der Waals surface area contributed by atoms with Crippen molar-refractivity contribution in [1.82, 2.24) is 0 Å². The molecule has 1 nitrogen and oxygen atoms in total. The number of halogens is 3. The summed E-state index contributed by atoms with van der Waals surface area (Å²) in [5.74, 6) is 1.36. The third kappa shape index (κ3) is 4.38. The van der Waals surface area contributed by atoms with Crippen LogP contribution in [0.2, 0.25) is 10.0 Å². The first-order valence-electron chi connectivity index (χ1n) is 6.76. The van der Waals surface area contributed by atoms with E-state index in [2.05, 4.69) is 22.0 Å². The Morgan fingerprint density at radius 1 is 1.00 bits per heavy atom. The highest BCUT2D eigenvalue weighted by Gasteiger charge is 2.15. The predicted octanol–water partition coefficient (Wildman–Crippen LogP) is 5.80. The lowest BCUT2D eigenvalue weighted by Crippen LogP contribution is -2.11. The molecule has 0 N–H and O–H groups in total. The molecule has 4 heteroatoms. The SMILES string of the molecule is COc1ccccc1CC(CBr)Cc1cccc(Cl)c1Cl. The Bertz CT molecular complexity index is 601. The van der Waals surface area contributed by atoms with Crippen molar-refractivity contribution in [1.29, 1.82) is 0 Å². The summed E-state index contributed by atoms with van der Waals surface area (Å²) in [6, 6.07) is 13.9. The summed E-state index contributed by atoms with van der Waals surface area (Å²) in [7, 11) is 1.70. The number of rotatable bonds is 6. The molecule has 0 aliphatic carbocycles. The van der Waals surface area contributed by atoms with Gasteiger partial charge in [-0.1, -0.05) is 69.5 Å². The van der Waals surface area contributed by atoms with Gasteiger partial charge in [-0.25, -0.2) is 0 Å². The summed E-state index contributed by atoms with van der Waals surface area (Å²) in [5.41, 5.74) is 2.30. The fourth-order valence-corrected chi connectivity index (χ4v) is 3.24. The molecular formula is C17H17BrCl2O. The van der Waals surface area contributed by atoms with Crippen molar-refractivity contribution in [2.24, 2.45) is 5.92 Å². The van der Waals surface area contributed by atoms with Gasteiger partial charge in [-0.15, -0.1) is 0 Å². The number of methoxy groups -OCH3 is 1. The first kappa shape index (κ1) is 16.7. The van der Waals surface area contributed by atoms with Crippen LogP contribution in [0.3, 0.4) is 0 Å². The standard InChI is InChI=1S/C17H17BrCl2O/c1-21-16-8-3-2-5-13(16)9-12(11-18)10-14-6-4-7-15(19)17(14)20/h2-8,12H,9-11H2,1H3. The van der Waals surface area contributed by atoms with Crippen LogP contribution in [0.5, 0.6) is 5.75 Å². The van der Waals surface area contributed by atoms with E-state index >= 15 is 0 Å². The Kier molecular flexibility index (Phi) is 6.40. The molecule has 1 atom stereocenters. The minimum absolute atomic E-state index is 0.428. The maximum atomic E-state index is 6.28. The van der Waals surface area contributed by atoms with Gasteiger partial charge in [-0.05, 0) is 42.0 Å². The smallest absolute Gasteiger partial charge is 0.122 e. The fraction of sp³-hybridized carbons (Fsp3) is 0.294. The number of ether oxygens (including phenoxy) is 1. The Morgan fingerprint density at radius 3 is 2.38 bits per heavy atom. The van der Waals surface area contributed by atoms with Crippen molar-refractivity contribution in [3.05, 3.63) is 63.6 Å². The highest BCUT2D eigenvalue weighted by atomic mass is 79.9. The molecule has 2 rings (SSSR count). The van der Waals surface area contributed by atoms with Gasteiger partial charge in [0.05, 0.1) is 17.2 Å². The second-order valence-electron chi connectivity index (χ2n) is 4.95. The molecule has 0 heterocycles. The zero-order chi connectivity index (χ0) is 15.2. The van der Waals surface area contributed by atoms with Gasteiger partial charge in [0.25, 0.3) is 0 Å². The Labute approximate surface area is 144 Å². The van der Waals surface area contributed by atoms with Gasteiger partial charge in [-0.3, -0.25) is 0 Å². The van der Waals surface area contributed by atoms with E-state index in [0.29, 0.717) is 16.0 Å². The van der Waals surface area contributed by atoms with Crippen LogP contribution in [0.25, 0.3) is 0 Å². The van der Waals surface area contributed by atoms with Crippen LogP contribution in [0.4, 0.5) is 0 Å². The van der Waals surface area contributed by atoms with Crippen molar-refractivity contribution in [2.45, 2.75) is 12.8 Å². The van der Waals surface area contributed by atoms with Gasteiger partial charge in [0, 0.05) is 5.33 Å². The van der Waals surface area contributed by atoms with Crippen molar-refractivity contribution >= 4 is 39.1 Å². The lowest BCUT2D eigenvalue weighted by Gasteiger charge is -2.17. The van der Waals surface area contributed by atoms with E-state index in [9.17, 15) is 0 Å². The summed E-state index contributed by atoms with van der Waals surface area (Å²) < 4.78 is 5.42. The first-order valence-corrected chi connectivity index (χ1v) is 8.64. The van der Waals surface area contributed by atoms with E-state index in [1.807, 2.05) is 36.4 Å². The van der Waals surface area contributed by atoms with Gasteiger partial charge in [0.15, 0.2) is 0 Å². The van der Waals surface area contributed by atoms with Crippen LogP contribution in [0.15, 0.2) is 42.5 Å². The Morgan fingerprint density at radius 2 is 1.67 bits per heavy atom. The van der Waals surface area contributed by atoms with Crippen LogP contribution in [-0.4, -0.2) is 12.4 Å². The van der Waals surface area contributed by atoms with Crippen LogP contribution in [0, 0.1) is 5.92 Å². The minimum atomic E-state index is 0.428. The van der Waals surface area contributed by atoms with Gasteiger partial charge in [0.2, 0.25) is 0 Å². The molecule has 0 spiro atoms. The summed E-state index contributed by atoms with van der Waals surface area (Å²) in [6.07, 6.45) is 1.81. The topological polar surface area (TPSA) is 9.23 Å². The maximum Gasteiger partial charge on any atom is 0.122 e. The lowest BCUT2D eigenvalue weighted by atomic mass is 9.94. The largest absolute Gasteiger partial charge is 0.496 e. The summed E-state index contributed by atoms with van der Waals surface area (Å²) in [4.78, 5) is 0. The van der Waals surface area contributed by atoms with Gasteiger partial charge in [0.1, 0.15) is 5.75 Å². The predicted molar refractivity (Wildman–Crippen MR) is 94.1 cm³/mol. The van der Waals surface area contributed by atoms with E-state index in [4.69, 9.17) is 27.9 Å². The number of hydrogen-bond donors (Lipinski definition) is 0. The molecule has 112 valence electrons. The average Bonchev–Trinajstić information content (AvgIpc) is 2.51. The molecule has 0 radical (unpaired) electrons. The molecular weight excluding hydrogens is 371 g/mol.